The monoisotopic (exact) mass is 587 g/mol. The summed E-state index contributed by atoms with van der Waals surface area (Å²) in [6.45, 7) is 3.46. The van der Waals surface area contributed by atoms with Crippen molar-refractivity contribution in [2.75, 3.05) is 21.2 Å². The molecule has 9 nitrogen and oxygen atoms in total. The highest BCUT2D eigenvalue weighted by Gasteiger charge is 2.31. The molecule has 0 aliphatic heterocycles. The Morgan fingerprint density at radius 3 is 2.45 bits per heavy atom. The van der Waals surface area contributed by atoms with E-state index in [-0.39, 0.29) is 28.6 Å². The third kappa shape index (κ3) is 7.21. The molecule has 0 aliphatic rings. The van der Waals surface area contributed by atoms with Gasteiger partial charge in [0.1, 0.15) is 18.1 Å². The molecule has 2 aromatic heterocycles. The lowest BCUT2D eigenvalue weighted by Crippen LogP contribution is -2.37. The van der Waals surface area contributed by atoms with Gasteiger partial charge < -0.3 is 19.7 Å². The van der Waals surface area contributed by atoms with Crippen molar-refractivity contribution in [3.8, 4) is 34.0 Å². The summed E-state index contributed by atoms with van der Waals surface area (Å²) >= 11 is 0. The number of rotatable bonds is 9. The molecule has 0 atom stereocenters. The Morgan fingerprint density at radius 1 is 1.07 bits per heavy atom. The maximum Gasteiger partial charge on any atom is 0.573 e. The Kier molecular flexibility index (Phi) is 8.81. The highest BCUT2D eigenvalue weighted by Crippen LogP contribution is 2.31. The number of nitrogens with zero attached hydrogens (tertiary/aromatic N) is 4. The second kappa shape index (κ2) is 12.1. The Morgan fingerprint density at radius 2 is 1.81 bits per heavy atom. The number of hydrogen-bond acceptors (Lipinski definition) is 7. The van der Waals surface area contributed by atoms with E-state index in [2.05, 4.69) is 20.0 Å². The maximum atomic E-state index is 14.1. The summed E-state index contributed by atoms with van der Waals surface area (Å²) in [4.78, 5) is 37.2. The number of fused-ring (bicyclic) bond motifs is 1. The van der Waals surface area contributed by atoms with Gasteiger partial charge in [-0.05, 0) is 81.5 Å². The number of pyridine rings is 1. The van der Waals surface area contributed by atoms with Gasteiger partial charge in [0.05, 0.1) is 12.5 Å². The molecule has 4 rings (SSSR count). The number of carbonyl (C=O) groups excluding carboxylic acids is 1. The minimum Gasteiger partial charge on any atom is -0.494 e. The molecule has 4 aromatic rings. The Labute approximate surface area is 238 Å². The van der Waals surface area contributed by atoms with Crippen LogP contribution in [0.5, 0.6) is 11.5 Å². The van der Waals surface area contributed by atoms with Crippen molar-refractivity contribution >= 4 is 16.9 Å². The first-order chi connectivity index (χ1) is 19.7. The van der Waals surface area contributed by atoms with Crippen LogP contribution in [0.1, 0.15) is 19.4 Å². The fraction of sp³-hybridized carbons (Fsp3) is 0.310. The van der Waals surface area contributed by atoms with Crippen LogP contribution < -0.4 is 20.3 Å². The largest absolute Gasteiger partial charge is 0.573 e. The van der Waals surface area contributed by atoms with E-state index >= 15 is 0 Å². The second-order valence-corrected chi connectivity index (χ2v) is 10.1. The van der Waals surface area contributed by atoms with E-state index in [1.807, 2.05) is 0 Å². The minimum atomic E-state index is -4.90. The van der Waals surface area contributed by atoms with Crippen molar-refractivity contribution in [3.05, 3.63) is 70.4 Å². The molecule has 0 saturated carbocycles. The fourth-order valence-corrected chi connectivity index (χ4v) is 4.42. The molecule has 42 heavy (non-hydrogen) atoms. The number of nitrogens with one attached hydrogen (secondary N) is 1. The molecule has 0 fully saturated rings. The van der Waals surface area contributed by atoms with Gasteiger partial charge in [-0.3, -0.25) is 14.2 Å². The number of carbonyl (C=O) groups is 1. The van der Waals surface area contributed by atoms with E-state index < -0.39 is 35.9 Å². The van der Waals surface area contributed by atoms with Gasteiger partial charge in [-0.15, -0.1) is 13.2 Å². The first-order valence-electron chi connectivity index (χ1n) is 12.8. The van der Waals surface area contributed by atoms with Crippen LogP contribution in [0.3, 0.4) is 0 Å². The number of amides is 1. The SMILES string of the molecule is COc1cc(-c2nc3ncc(-c4cc(CN(C)C)cc(OC(F)(F)F)c4)cc3c(=O)n2CC(=O)NC(C)C)ccc1F. The van der Waals surface area contributed by atoms with Crippen LogP contribution in [0, 0.1) is 5.82 Å². The quantitative estimate of drug-likeness (QED) is 0.282. The highest BCUT2D eigenvalue weighted by molar-refractivity contribution is 5.83. The van der Waals surface area contributed by atoms with Gasteiger partial charge in [-0.2, -0.15) is 0 Å². The Balaban J connectivity index is 1.91. The minimum absolute atomic E-state index is 0.0266. The van der Waals surface area contributed by atoms with Crippen LogP contribution in [-0.4, -0.2) is 59.0 Å². The highest BCUT2D eigenvalue weighted by atomic mass is 19.4. The zero-order valence-electron chi connectivity index (χ0n) is 23.5. The van der Waals surface area contributed by atoms with Crippen molar-refractivity contribution in [3.63, 3.8) is 0 Å². The van der Waals surface area contributed by atoms with Crippen LogP contribution in [-0.2, 0) is 17.9 Å². The molecule has 1 amide bonds. The van der Waals surface area contributed by atoms with Crippen molar-refractivity contribution in [1.29, 1.82) is 0 Å². The van der Waals surface area contributed by atoms with Gasteiger partial charge in [-0.1, -0.05) is 0 Å². The third-order valence-corrected chi connectivity index (χ3v) is 6.00. The molecule has 2 heterocycles. The molecule has 0 spiro atoms. The smallest absolute Gasteiger partial charge is 0.494 e. The third-order valence-electron chi connectivity index (χ3n) is 6.00. The van der Waals surface area contributed by atoms with Crippen LogP contribution in [0.2, 0.25) is 0 Å². The standard InChI is InChI=1S/C29H29F4N5O4/c1-16(2)35-25(39)15-38-27(18-6-7-23(30)24(12-18)41-5)36-26-22(28(38)40)11-20(13-34-26)19-8-17(14-37(3)4)9-21(10-19)42-29(31,32)33/h6-13,16H,14-15H2,1-5H3,(H,35,39). The second-order valence-electron chi connectivity index (χ2n) is 10.1. The molecular weight excluding hydrogens is 558 g/mol. The fourth-order valence-electron chi connectivity index (χ4n) is 4.42. The van der Waals surface area contributed by atoms with E-state index in [9.17, 15) is 27.2 Å². The molecular formula is C29H29F4N5O4. The van der Waals surface area contributed by atoms with Gasteiger partial charge in [0.2, 0.25) is 5.91 Å². The first kappa shape index (κ1) is 30.4. The summed E-state index contributed by atoms with van der Waals surface area (Å²) in [5.41, 5.74) is 0.919. The number of hydrogen-bond donors (Lipinski definition) is 1. The summed E-state index contributed by atoms with van der Waals surface area (Å²) in [7, 11) is 4.83. The molecule has 0 unspecified atom stereocenters. The number of methoxy groups -OCH3 is 1. The van der Waals surface area contributed by atoms with Crippen molar-refractivity contribution in [1.82, 2.24) is 24.8 Å². The summed E-state index contributed by atoms with van der Waals surface area (Å²) in [6, 6.07) is 9.32. The van der Waals surface area contributed by atoms with Crippen LogP contribution in [0.15, 0.2) is 53.5 Å². The van der Waals surface area contributed by atoms with Crippen LogP contribution in [0.25, 0.3) is 33.5 Å². The van der Waals surface area contributed by atoms with Crippen LogP contribution >= 0.6 is 0 Å². The lowest BCUT2D eigenvalue weighted by atomic mass is 10.0. The van der Waals surface area contributed by atoms with E-state index in [4.69, 9.17) is 4.74 Å². The van der Waals surface area contributed by atoms with Gasteiger partial charge >= 0.3 is 6.36 Å². The summed E-state index contributed by atoms with van der Waals surface area (Å²) in [6.07, 6.45) is -3.52. The van der Waals surface area contributed by atoms with Gasteiger partial charge in [0.25, 0.3) is 5.56 Å². The molecule has 0 bridgehead atoms. The van der Waals surface area contributed by atoms with Crippen molar-refractivity contribution in [2.24, 2.45) is 0 Å². The number of benzene rings is 2. The van der Waals surface area contributed by atoms with Gasteiger partial charge in [0.15, 0.2) is 17.2 Å². The topological polar surface area (TPSA) is 98.6 Å². The zero-order chi connectivity index (χ0) is 30.8. The molecule has 13 heteroatoms. The zero-order valence-corrected chi connectivity index (χ0v) is 23.5. The summed E-state index contributed by atoms with van der Waals surface area (Å²) in [5.74, 6) is -1.53. The van der Waals surface area contributed by atoms with E-state index in [1.54, 1.807) is 38.9 Å². The predicted molar refractivity (Wildman–Crippen MR) is 149 cm³/mol. The van der Waals surface area contributed by atoms with Crippen molar-refractivity contribution in [2.45, 2.75) is 39.3 Å². The number of halogens is 4. The number of ether oxygens (including phenoxy) is 2. The average molecular weight is 588 g/mol. The lowest BCUT2D eigenvalue weighted by Gasteiger charge is -2.16. The number of alkyl halides is 3. The summed E-state index contributed by atoms with van der Waals surface area (Å²) in [5, 5.41) is 2.75. The van der Waals surface area contributed by atoms with E-state index in [0.717, 1.165) is 10.6 Å². The molecule has 222 valence electrons. The molecule has 0 saturated heterocycles. The average Bonchev–Trinajstić information content (AvgIpc) is 2.88. The van der Waals surface area contributed by atoms with Crippen molar-refractivity contribution < 1.29 is 31.8 Å². The first-order valence-corrected chi connectivity index (χ1v) is 12.8. The molecule has 2 aromatic carbocycles. The number of aromatic nitrogens is 3. The Bertz CT molecular complexity index is 1690. The summed E-state index contributed by atoms with van der Waals surface area (Å²) < 4.78 is 63.7. The maximum absolute atomic E-state index is 14.1. The molecule has 1 N–H and O–H groups in total. The lowest BCUT2D eigenvalue weighted by molar-refractivity contribution is -0.274. The molecule has 0 radical (unpaired) electrons. The van der Waals surface area contributed by atoms with Gasteiger partial charge in [-0.25, -0.2) is 14.4 Å². The van der Waals surface area contributed by atoms with Gasteiger partial charge in [0, 0.05) is 29.9 Å². The van der Waals surface area contributed by atoms with Crippen LogP contribution in [0.4, 0.5) is 17.6 Å². The van der Waals surface area contributed by atoms with E-state index in [0.29, 0.717) is 28.8 Å². The normalized spacial score (nSPS) is 11.8. The Hall–Kier alpha value is -4.52. The van der Waals surface area contributed by atoms with E-state index in [1.165, 1.54) is 43.6 Å². The molecule has 0 aliphatic carbocycles. The predicted octanol–water partition coefficient (Wildman–Crippen LogP) is 4.76.